The molecule has 0 saturated heterocycles. The number of rotatable bonds is 5. The summed E-state index contributed by atoms with van der Waals surface area (Å²) in [6, 6.07) is 65.6. The molecule has 2 aliphatic rings. The second kappa shape index (κ2) is 12.5. The molecule has 1 aliphatic carbocycles. The average molecular weight is 737 g/mol. The molecule has 0 unspecified atom stereocenters. The Bertz CT molecular complexity index is 2970. The number of hydrogen-bond acceptors (Lipinski definition) is 4. The number of anilines is 4. The van der Waals surface area contributed by atoms with Crippen LogP contribution in [0.5, 0.6) is 0 Å². The molecule has 2 aromatic heterocycles. The molecule has 5 nitrogen and oxygen atoms in total. The van der Waals surface area contributed by atoms with Gasteiger partial charge < -0.3 is 0 Å². The molecule has 3 heterocycles. The van der Waals surface area contributed by atoms with E-state index in [0.717, 1.165) is 45.2 Å². The summed E-state index contributed by atoms with van der Waals surface area (Å²) in [6.07, 6.45) is 1.95. The molecule has 9 aromatic rings. The molecule has 1 aliphatic heterocycles. The molecule has 0 saturated carbocycles. The van der Waals surface area contributed by atoms with Crippen molar-refractivity contribution in [3.05, 3.63) is 216 Å². The Morgan fingerprint density at radius 2 is 1.09 bits per heavy atom. The molecular weight excluding hydrogens is 697 g/mol. The highest BCUT2D eigenvalue weighted by Crippen LogP contribution is 2.57. The van der Waals surface area contributed by atoms with Gasteiger partial charge in [0.2, 0.25) is 0 Å². The quantitative estimate of drug-likeness (QED) is 0.176. The number of fused-ring (bicyclic) bond motifs is 7. The monoisotopic (exact) mass is 736 g/mol. The molecule has 274 valence electrons. The fraction of sp³-hybridized carbons (Fsp3) is 0.0962. The Kier molecular flexibility index (Phi) is 7.34. The first kappa shape index (κ1) is 33.4. The van der Waals surface area contributed by atoms with Gasteiger partial charge in [0, 0.05) is 17.0 Å². The predicted octanol–water partition coefficient (Wildman–Crippen LogP) is 13.0. The molecule has 0 spiro atoms. The Labute approximate surface area is 332 Å². The minimum atomic E-state index is -0.641. The van der Waals surface area contributed by atoms with E-state index < -0.39 is 5.41 Å². The number of aromatic nitrogens is 2. The van der Waals surface area contributed by atoms with E-state index in [4.69, 9.17) is 9.92 Å². The Balaban J connectivity index is 1.17. The van der Waals surface area contributed by atoms with Crippen LogP contribution in [0.2, 0.25) is 0 Å². The topological polar surface area (TPSA) is 33.5 Å². The summed E-state index contributed by atoms with van der Waals surface area (Å²) in [7, 11) is 0. The second-order valence-electron chi connectivity index (χ2n) is 16.1. The van der Waals surface area contributed by atoms with Crippen LogP contribution in [0.3, 0.4) is 0 Å². The highest BCUT2D eigenvalue weighted by molar-refractivity contribution is 6.09. The second-order valence-corrected chi connectivity index (χ2v) is 16.1. The van der Waals surface area contributed by atoms with Crippen LogP contribution in [0.15, 0.2) is 188 Å². The average Bonchev–Trinajstić information content (AvgIpc) is 3.91. The van der Waals surface area contributed by atoms with E-state index in [2.05, 4.69) is 189 Å². The van der Waals surface area contributed by atoms with Gasteiger partial charge >= 0.3 is 0 Å². The van der Waals surface area contributed by atoms with Crippen LogP contribution in [0.25, 0.3) is 38.8 Å². The lowest BCUT2D eigenvalue weighted by atomic mass is 9.67. The van der Waals surface area contributed by atoms with Gasteiger partial charge in [-0.15, -0.1) is 4.94 Å². The summed E-state index contributed by atoms with van der Waals surface area (Å²) < 4.78 is 2.35. The molecule has 0 atom stereocenters. The summed E-state index contributed by atoms with van der Waals surface area (Å²) in [5, 5.41) is 6.27. The van der Waals surface area contributed by atoms with E-state index in [1.807, 2.05) is 34.5 Å². The van der Waals surface area contributed by atoms with Crippen molar-refractivity contribution < 1.29 is 4.94 Å². The molecule has 5 heteroatoms. The normalized spacial score (nSPS) is 14.2. The zero-order chi connectivity index (χ0) is 38.3. The number of para-hydroxylation sites is 4. The molecule has 11 rings (SSSR count). The Hall–Kier alpha value is -6.95. The van der Waals surface area contributed by atoms with Gasteiger partial charge in [-0.1, -0.05) is 142 Å². The van der Waals surface area contributed by atoms with Gasteiger partial charge in [0.05, 0.1) is 39.2 Å². The first-order chi connectivity index (χ1) is 27.9. The number of benzene rings is 7. The van der Waals surface area contributed by atoms with Crippen LogP contribution in [-0.4, -0.2) is 9.55 Å². The standard InChI is InChI=1S/C52H40N4O/c1-51(2,3)35-30-31-53-50(34-35)54-46-25-12-9-22-42(46)43-29-28-37(33-49(43)54)52(44-23-10-7-20-40(44)41-21-8-11-24-45(41)52)36-16-15-19-39(32-36)56-48-27-14-13-26-47(48)55(57-56)38-17-5-4-6-18-38/h4-34H,1-3H3. The van der Waals surface area contributed by atoms with Crippen LogP contribution in [0.1, 0.15) is 48.6 Å². The lowest BCUT2D eigenvalue weighted by Crippen LogP contribution is -2.29. The van der Waals surface area contributed by atoms with Crippen molar-refractivity contribution in [2.75, 3.05) is 10.1 Å². The molecule has 7 aromatic carbocycles. The molecule has 0 fully saturated rings. The van der Waals surface area contributed by atoms with Crippen molar-refractivity contribution in [1.82, 2.24) is 9.55 Å². The molecule has 0 N–H and O–H groups in total. The van der Waals surface area contributed by atoms with E-state index in [-0.39, 0.29) is 5.41 Å². The number of hydrogen-bond donors (Lipinski definition) is 0. The summed E-state index contributed by atoms with van der Waals surface area (Å²) >= 11 is 0. The molecular formula is C52H40N4O. The Morgan fingerprint density at radius 1 is 0.491 bits per heavy atom. The van der Waals surface area contributed by atoms with Crippen molar-refractivity contribution in [1.29, 1.82) is 0 Å². The highest BCUT2D eigenvalue weighted by atomic mass is 16.8. The minimum Gasteiger partial charge on any atom is -0.294 e. The van der Waals surface area contributed by atoms with Crippen LogP contribution in [-0.2, 0) is 15.8 Å². The summed E-state index contributed by atoms with van der Waals surface area (Å²) in [6.45, 7) is 6.77. The minimum absolute atomic E-state index is 0.0222. The van der Waals surface area contributed by atoms with E-state index in [0.29, 0.717) is 0 Å². The third-order valence-electron chi connectivity index (χ3n) is 11.9. The van der Waals surface area contributed by atoms with Crippen LogP contribution in [0, 0.1) is 0 Å². The van der Waals surface area contributed by atoms with Gasteiger partial charge in [-0.25, -0.2) is 4.98 Å². The largest absolute Gasteiger partial charge is 0.294 e. The molecule has 0 bridgehead atoms. The summed E-state index contributed by atoms with van der Waals surface area (Å²) in [5.41, 5.74) is 14.1. The Morgan fingerprint density at radius 3 is 1.82 bits per heavy atom. The molecule has 0 radical (unpaired) electrons. The number of nitrogens with zero attached hydrogens (tertiary/aromatic N) is 4. The third kappa shape index (κ3) is 4.95. The maximum absolute atomic E-state index is 6.75. The fourth-order valence-corrected chi connectivity index (χ4v) is 9.26. The first-order valence-electron chi connectivity index (χ1n) is 19.6. The van der Waals surface area contributed by atoms with Gasteiger partial charge in [0.15, 0.2) is 0 Å². The van der Waals surface area contributed by atoms with Crippen molar-refractivity contribution in [2.45, 2.75) is 31.6 Å². The SMILES string of the molecule is CC(C)(C)c1ccnc(-n2c3ccccc3c3ccc(C4(c5cccc(N6ON(c7ccccc7)c7ccccc76)c5)c5ccccc5-c5ccccc54)cc32)c1. The maximum atomic E-state index is 6.75. The van der Waals surface area contributed by atoms with Crippen LogP contribution >= 0.6 is 0 Å². The number of pyridine rings is 1. The third-order valence-corrected chi connectivity index (χ3v) is 11.9. The zero-order valence-corrected chi connectivity index (χ0v) is 32.1. The van der Waals surface area contributed by atoms with Crippen LogP contribution < -0.4 is 10.1 Å². The van der Waals surface area contributed by atoms with Gasteiger partial charge in [0.1, 0.15) is 5.82 Å². The van der Waals surface area contributed by atoms with E-state index in [9.17, 15) is 0 Å². The summed E-state index contributed by atoms with van der Waals surface area (Å²) in [5.74, 6) is 0.918. The van der Waals surface area contributed by atoms with Crippen LogP contribution in [0.4, 0.5) is 22.7 Å². The highest BCUT2D eigenvalue weighted by Gasteiger charge is 2.46. The van der Waals surface area contributed by atoms with Crippen molar-refractivity contribution in [3.8, 4) is 16.9 Å². The first-order valence-corrected chi connectivity index (χ1v) is 19.6. The zero-order valence-electron chi connectivity index (χ0n) is 32.1. The van der Waals surface area contributed by atoms with Crippen molar-refractivity contribution >= 4 is 44.6 Å². The van der Waals surface area contributed by atoms with Crippen molar-refractivity contribution in [2.24, 2.45) is 0 Å². The van der Waals surface area contributed by atoms with E-state index >= 15 is 0 Å². The predicted molar refractivity (Wildman–Crippen MR) is 233 cm³/mol. The van der Waals surface area contributed by atoms with Gasteiger partial charge in [0.25, 0.3) is 0 Å². The lowest BCUT2D eigenvalue weighted by molar-refractivity contribution is 0.156. The van der Waals surface area contributed by atoms with Gasteiger partial charge in [-0.3, -0.25) is 4.57 Å². The summed E-state index contributed by atoms with van der Waals surface area (Å²) in [4.78, 5) is 11.8. The maximum Gasteiger partial charge on any atom is 0.137 e. The molecule has 0 amide bonds. The smallest absolute Gasteiger partial charge is 0.137 e. The fourth-order valence-electron chi connectivity index (χ4n) is 9.26. The van der Waals surface area contributed by atoms with Gasteiger partial charge in [-0.2, -0.15) is 10.1 Å². The molecule has 57 heavy (non-hydrogen) atoms. The van der Waals surface area contributed by atoms with Crippen molar-refractivity contribution in [3.63, 3.8) is 0 Å². The van der Waals surface area contributed by atoms with E-state index in [1.165, 1.54) is 44.2 Å². The lowest BCUT2D eigenvalue weighted by Gasteiger charge is -2.34. The van der Waals surface area contributed by atoms with E-state index in [1.54, 1.807) is 0 Å². The van der Waals surface area contributed by atoms with Gasteiger partial charge in [-0.05, 0) is 105 Å².